The van der Waals surface area contributed by atoms with Gasteiger partial charge in [-0.05, 0) is 47.6 Å². The minimum absolute atomic E-state index is 0.173. The Kier molecular flexibility index (Phi) is 5.24. The van der Waals surface area contributed by atoms with E-state index in [2.05, 4.69) is 54.5 Å². The highest BCUT2D eigenvalue weighted by atomic mass is 16.3. The summed E-state index contributed by atoms with van der Waals surface area (Å²) in [7, 11) is 0. The molecule has 124 valence electrons. The molecule has 0 amide bonds. The van der Waals surface area contributed by atoms with Gasteiger partial charge < -0.3 is 10.4 Å². The first kappa shape index (κ1) is 16.6. The number of hydrogen-bond acceptors (Lipinski definition) is 3. The number of aryl methyl sites for hydroxylation is 1. The van der Waals surface area contributed by atoms with E-state index in [1.807, 2.05) is 30.6 Å². The van der Waals surface area contributed by atoms with E-state index in [0.29, 0.717) is 6.54 Å². The lowest BCUT2D eigenvalue weighted by Gasteiger charge is -2.18. The van der Waals surface area contributed by atoms with Gasteiger partial charge in [-0.3, -0.25) is 4.98 Å². The molecule has 2 unspecified atom stereocenters. The molecule has 3 aromatic rings. The van der Waals surface area contributed by atoms with E-state index in [4.69, 9.17) is 0 Å². The predicted molar refractivity (Wildman–Crippen MR) is 98.9 cm³/mol. The van der Waals surface area contributed by atoms with E-state index in [1.54, 1.807) is 0 Å². The number of fused-ring (bicyclic) bond motifs is 1. The van der Waals surface area contributed by atoms with Gasteiger partial charge in [-0.2, -0.15) is 0 Å². The third kappa shape index (κ3) is 3.81. The van der Waals surface area contributed by atoms with Gasteiger partial charge in [0.2, 0.25) is 0 Å². The Bertz CT molecular complexity index is 798. The van der Waals surface area contributed by atoms with Crippen LogP contribution >= 0.6 is 0 Å². The summed E-state index contributed by atoms with van der Waals surface area (Å²) in [5, 5.41) is 16.1. The van der Waals surface area contributed by atoms with Gasteiger partial charge in [0, 0.05) is 30.4 Å². The van der Waals surface area contributed by atoms with E-state index in [-0.39, 0.29) is 6.04 Å². The molecule has 0 aliphatic rings. The van der Waals surface area contributed by atoms with Crippen LogP contribution in [0.2, 0.25) is 0 Å². The average Bonchev–Trinajstić information content (AvgIpc) is 2.65. The first-order valence-corrected chi connectivity index (χ1v) is 8.51. The Labute approximate surface area is 143 Å². The zero-order valence-electron chi connectivity index (χ0n) is 14.2. The molecule has 1 heterocycles. The Morgan fingerprint density at radius 1 is 1.00 bits per heavy atom. The maximum atomic E-state index is 10.4. The molecule has 2 aromatic carbocycles. The molecule has 0 bridgehead atoms. The Morgan fingerprint density at radius 3 is 2.50 bits per heavy atom. The molecule has 2 N–H and O–H groups in total. The second-order valence-electron chi connectivity index (χ2n) is 6.22. The van der Waals surface area contributed by atoms with Gasteiger partial charge in [-0.25, -0.2) is 0 Å². The number of nitrogens with one attached hydrogen (secondary N) is 1. The first-order chi connectivity index (χ1) is 11.7. The summed E-state index contributed by atoms with van der Waals surface area (Å²) < 4.78 is 0. The smallest absolute Gasteiger partial charge is 0.0914 e. The molecule has 3 heteroatoms. The third-order valence-corrected chi connectivity index (χ3v) is 4.55. The number of aliphatic hydroxyl groups is 1. The molecule has 0 radical (unpaired) electrons. The van der Waals surface area contributed by atoms with Crippen molar-refractivity contribution in [1.29, 1.82) is 0 Å². The van der Waals surface area contributed by atoms with Crippen LogP contribution in [-0.2, 0) is 6.42 Å². The standard InChI is InChI=1S/C21H24N2O/c1-3-16-4-6-17(7-5-16)21(24)14-23-15(2)18-8-9-20-13-22-11-10-19(20)12-18/h4-13,15,21,23-24H,3,14H2,1-2H3. The second kappa shape index (κ2) is 7.56. The monoisotopic (exact) mass is 320 g/mol. The summed E-state index contributed by atoms with van der Waals surface area (Å²) in [6, 6.07) is 16.8. The molecule has 0 aliphatic carbocycles. The number of aliphatic hydroxyl groups excluding tert-OH is 1. The van der Waals surface area contributed by atoms with Gasteiger partial charge in [0.1, 0.15) is 0 Å². The van der Waals surface area contributed by atoms with Crippen molar-refractivity contribution in [2.24, 2.45) is 0 Å². The Hall–Kier alpha value is -2.23. The SMILES string of the molecule is CCc1ccc(C(O)CNC(C)c2ccc3cnccc3c2)cc1. The molecule has 1 aromatic heterocycles. The van der Waals surface area contributed by atoms with Gasteiger partial charge >= 0.3 is 0 Å². The van der Waals surface area contributed by atoms with Crippen molar-refractivity contribution in [1.82, 2.24) is 10.3 Å². The van der Waals surface area contributed by atoms with Gasteiger partial charge in [0.25, 0.3) is 0 Å². The van der Waals surface area contributed by atoms with Crippen molar-refractivity contribution in [3.8, 4) is 0 Å². The van der Waals surface area contributed by atoms with Gasteiger partial charge in [0.15, 0.2) is 0 Å². The molecule has 0 saturated heterocycles. The van der Waals surface area contributed by atoms with E-state index in [1.165, 1.54) is 16.5 Å². The largest absolute Gasteiger partial charge is 0.387 e. The molecule has 3 nitrogen and oxygen atoms in total. The topological polar surface area (TPSA) is 45.1 Å². The second-order valence-corrected chi connectivity index (χ2v) is 6.22. The molecule has 24 heavy (non-hydrogen) atoms. The van der Waals surface area contributed by atoms with Crippen LogP contribution in [0, 0.1) is 0 Å². The predicted octanol–water partition coefficient (Wildman–Crippen LogP) is 4.18. The van der Waals surface area contributed by atoms with E-state index >= 15 is 0 Å². The lowest BCUT2D eigenvalue weighted by molar-refractivity contribution is 0.171. The molecule has 0 aliphatic heterocycles. The molecular weight excluding hydrogens is 296 g/mol. The fourth-order valence-electron chi connectivity index (χ4n) is 2.87. The van der Waals surface area contributed by atoms with Crippen molar-refractivity contribution in [3.05, 3.63) is 77.6 Å². The number of pyridine rings is 1. The summed E-state index contributed by atoms with van der Waals surface area (Å²) in [5.41, 5.74) is 3.46. The van der Waals surface area contributed by atoms with Crippen LogP contribution in [-0.4, -0.2) is 16.6 Å². The third-order valence-electron chi connectivity index (χ3n) is 4.55. The van der Waals surface area contributed by atoms with Crippen molar-refractivity contribution in [3.63, 3.8) is 0 Å². The van der Waals surface area contributed by atoms with Crippen LogP contribution in [0.15, 0.2) is 60.9 Å². The van der Waals surface area contributed by atoms with Crippen LogP contribution < -0.4 is 5.32 Å². The highest BCUT2D eigenvalue weighted by Gasteiger charge is 2.11. The summed E-state index contributed by atoms with van der Waals surface area (Å²) >= 11 is 0. The number of aromatic nitrogens is 1. The molecule has 0 spiro atoms. The maximum Gasteiger partial charge on any atom is 0.0914 e. The lowest BCUT2D eigenvalue weighted by atomic mass is 10.0. The normalized spacial score (nSPS) is 13.8. The lowest BCUT2D eigenvalue weighted by Crippen LogP contribution is -2.24. The molecular formula is C21H24N2O. The summed E-state index contributed by atoms with van der Waals surface area (Å²) in [4.78, 5) is 4.14. The van der Waals surface area contributed by atoms with Gasteiger partial charge in [0.05, 0.1) is 6.10 Å². The Balaban J connectivity index is 1.63. The minimum atomic E-state index is -0.497. The van der Waals surface area contributed by atoms with Crippen LogP contribution in [0.5, 0.6) is 0 Å². The van der Waals surface area contributed by atoms with Crippen molar-refractivity contribution in [2.45, 2.75) is 32.4 Å². The molecule has 3 rings (SSSR count). The van der Waals surface area contributed by atoms with Crippen molar-refractivity contribution < 1.29 is 5.11 Å². The fourth-order valence-corrected chi connectivity index (χ4v) is 2.87. The molecule has 0 fully saturated rings. The minimum Gasteiger partial charge on any atom is -0.387 e. The Morgan fingerprint density at radius 2 is 1.75 bits per heavy atom. The summed E-state index contributed by atoms with van der Waals surface area (Å²) in [6.07, 6.45) is 4.21. The zero-order valence-corrected chi connectivity index (χ0v) is 14.2. The highest BCUT2D eigenvalue weighted by Crippen LogP contribution is 2.20. The van der Waals surface area contributed by atoms with Gasteiger partial charge in [-0.1, -0.05) is 43.3 Å². The summed E-state index contributed by atoms with van der Waals surface area (Å²) in [6.45, 7) is 4.78. The fraction of sp³-hybridized carbons (Fsp3) is 0.286. The van der Waals surface area contributed by atoms with Crippen LogP contribution in [0.3, 0.4) is 0 Å². The zero-order chi connectivity index (χ0) is 16.9. The number of hydrogen-bond donors (Lipinski definition) is 2. The van der Waals surface area contributed by atoms with Crippen molar-refractivity contribution in [2.75, 3.05) is 6.54 Å². The van der Waals surface area contributed by atoms with Crippen LogP contribution in [0.1, 0.15) is 42.7 Å². The molecule has 0 saturated carbocycles. The average molecular weight is 320 g/mol. The van der Waals surface area contributed by atoms with Crippen molar-refractivity contribution >= 4 is 10.8 Å². The number of benzene rings is 2. The van der Waals surface area contributed by atoms with E-state index in [0.717, 1.165) is 17.4 Å². The van der Waals surface area contributed by atoms with Crippen LogP contribution in [0.4, 0.5) is 0 Å². The van der Waals surface area contributed by atoms with E-state index in [9.17, 15) is 5.11 Å². The van der Waals surface area contributed by atoms with Gasteiger partial charge in [-0.15, -0.1) is 0 Å². The highest BCUT2D eigenvalue weighted by molar-refractivity contribution is 5.82. The van der Waals surface area contributed by atoms with Crippen LogP contribution in [0.25, 0.3) is 10.8 Å². The number of nitrogens with zero attached hydrogens (tertiary/aromatic N) is 1. The van der Waals surface area contributed by atoms with E-state index < -0.39 is 6.10 Å². The first-order valence-electron chi connectivity index (χ1n) is 8.51. The summed E-state index contributed by atoms with van der Waals surface area (Å²) in [5.74, 6) is 0. The maximum absolute atomic E-state index is 10.4. The molecule has 2 atom stereocenters. The quantitative estimate of drug-likeness (QED) is 0.716. The number of rotatable bonds is 6.